The zero-order valence-electron chi connectivity index (χ0n) is 52.0. The van der Waals surface area contributed by atoms with E-state index in [0.717, 1.165) is 10.8 Å². The highest BCUT2D eigenvalue weighted by Crippen LogP contribution is 2.26. The second kappa shape index (κ2) is 35.9. The average molecular weight is 1190 g/mol. The number of fused-ring (bicyclic) bond motifs is 1. The Kier molecular flexibility index (Phi) is 31.2. The molecular weight excluding hydrogens is 1090 g/mol. The molecule has 0 saturated carbocycles. The summed E-state index contributed by atoms with van der Waals surface area (Å²) in [6.45, 7) is 24.1. The molecule has 0 radical (unpaired) electrons. The molecule has 2 rings (SSSR count). The van der Waals surface area contributed by atoms with Crippen LogP contribution in [0.5, 0.6) is 11.5 Å². The summed E-state index contributed by atoms with van der Waals surface area (Å²) in [5, 5.41) is 43.9. The Balaban J connectivity index is 2.00. The summed E-state index contributed by atoms with van der Waals surface area (Å²) in [5.74, 6) is -7.13. The maximum Gasteiger partial charge on any atom is 0.328 e. The highest BCUT2D eigenvalue weighted by Gasteiger charge is 2.37. The van der Waals surface area contributed by atoms with E-state index in [0.29, 0.717) is 11.5 Å². The van der Waals surface area contributed by atoms with Crippen molar-refractivity contribution in [1.82, 2.24) is 42.5 Å². The summed E-state index contributed by atoms with van der Waals surface area (Å²) in [6.07, 6.45) is -2.03. The van der Waals surface area contributed by atoms with Gasteiger partial charge < -0.3 is 71.7 Å². The summed E-state index contributed by atoms with van der Waals surface area (Å²) in [7, 11) is 2.42. The number of carbonyl (C=O) groups is 10. The minimum absolute atomic E-state index is 0.0718. The number of nitrogens with one attached hydrogen (secondary N) is 8. The smallest absolute Gasteiger partial charge is 0.328 e. The molecule has 10 atom stereocenters. The third kappa shape index (κ3) is 24.6. The van der Waals surface area contributed by atoms with E-state index in [2.05, 4.69) is 42.5 Å². The van der Waals surface area contributed by atoms with E-state index in [4.69, 9.17) is 18.9 Å². The molecule has 2 aromatic carbocycles. The molecule has 0 heterocycles. The summed E-state index contributed by atoms with van der Waals surface area (Å²) in [4.78, 5) is 132. The standard InChI is InChI=1S/C60H96N8O16/c1-31(2)27-43(53(73)65-47(33(5)6)55(75)67-49(35(9)10)59(79)81-15)61-57(77)51(37(13)69)63-45(71)19-17-25-83-41-23-21-39-22-24-42(30-40(39)29-41)84-26-18-20-46(72)64-52(38(14)70)58(78)62-44(28-32(3)4)54(74)66-48(34(7)8)56(76)68-50(36(11)12)60(80)82-16/h21-24,29-38,43-44,47-52,69-70H,17-20,25-28H2,1-16H3,(H,61,77)(H,62,78)(H,63,71)(H,64,72)(H,65,73)(H,66,74)(H,67,75)(H,68,76)/t37-,38-,43+,44+,47+,48+,49+,50+,51+,52+/m1/s1. The highest BCUT2D eigenvalue weighted by atomic mass is 16.5. The molecule has 0 aliphatic heterocycles. The molecule has 0 unspecified atom stereocenters. The van der Waals surface area contributed by atoms with Crippen LogP contribution in [0.15, 0.2) is 36.4 Å². The van der Waals surface area contributed by atoms with Crippen molar-refractivity contribution in [2.24, 2.45) is 35.5 Å². The van der Waals surface area contributed by atoms with E-state index >= 15 is 0 Å². The van der Waals surface area contributed by atoms with Crippen molar-refractivity contribution in [3.05, 3.63) is 36.4 Å². The Morgan fingerprint density at radius 2 is 0.702 bits per heavy atom. The first-order chi connectivity index (χ1) is 39.3. The number of hydrogen-bond acceptors (Lipinski definition) is 16. The molecule has 0 aliphatic rings. The first-order valence-electron chi connectivity index (χ1n) is 29.0. The molecule has 0 fully saturated rings. The van der Waals surface area contributed by atoms with Crippen LogP contribution in [0.2, 0.25) is 0 Å². The van der Waals surface area contributed by atoms with Crippen molar-refractivity contribution in [2.45, 2.75) is 196 Å². The van der Waals surface area contributed by atoms with Gasteiger partial charge in [0.15, 0.2) is 0 Å². The number of benzene rings is 2. The van der Waals surface area contributed by atoms with Gasteiger partial charge in [-0.05, 0) is 110 Å². The molecule has 0 spiro atoms. The Morgan fingerprint density at radius 1 is 0.393 bits per heavy atom. The van der Waals surface area contributed by atoms with Crippen molar-refractivity contribution in [3.63, 3.8) is 0 Å². The quantitative estimate of drug-likeness (QED) is 0.0346. The van der Waals surface area contributed by atoms with Crippen LogP contribution in [-0.4, -0.2) is 157 Å². The normalized spacial score (nSPS) is 15.1. The van der Waals surface area contributed by atoms with Gasteiger partial charge in [-0.25, -0.2) is 9.59 Å². The van der Waals surface area contributed by atoms with Gasteiger partial charge >= 0.3 is 11.9 Å². The molecule has 8 amide bonds. The lowest BCUT2D eigenvalue weighted by atomic mass is 9.98. The number of aliphatic hydroxyl groups is 2. The molecular formula is C60H96N8O16. The van der Waals surface area contributed by atoms with Crippen molar-refractivity contribution < 1.29 is 77.1 Å². The Morgan fingerprint density at radius 3 is 0.988 bits per heavy atom. The fourth-order valence-corrected chi connectivity index (χ4v) is 8.77. The lowest BCUT2D eigenvalue weighted by molar-refractivity contribution is -0.147. The van der Waals surface area contributed by atoms with Crippen LogP contribution in [-0.2, 0) is 57.4 Å². The topological polar surface area (TPSA) is 344 Å². The summed E-state index contributed by atoms with van der Waals surface area (Å²) in [5.41, 5.74) is 0. The number of amides is 8. The van der Waals surface area contributed by atoms with Crippen LogP contribution in [0.25, 0.3) is 10.8 Å². The first-order valence-corrected chi connectivity index (χ1v) is 29.0. The predicted molar refractivity (Wildman–Crippen MR) is 315 cm³/mol. The zero-order valence-corrected chi connectivity index (χ0v) is 52.0. The molecule has 472 valence electrons. The maximum absolute atomic E-state index is 13.7. The Labute approximate surface area is 494 Å². The number of rotatable bonds is 36. The average Bonchev–Trinajstić information content (AvgIpc) is 3.62. The molecule has 2 aromatic rings. The van der Waals surface area contributed by atoms with E-state index in [1.54, 1.807) is 79.7 Å². The third-order valence-corrected chi connectivity index (χ3v) is 13.6. The van der Waals surface area contributed by atoms with Gasteiger partial charge in [0, 0.05) is 12.8 Å². The number of esters is 2. The SMILES string of the molecule is COC(=O)[C@@H](NC(=O)[C@@H](NC(=O)[C@H](CC(C)C)NC(=O)[C@@H](NC(=O)CCCOc1ccc2ccc(OCCCC(=O)N[C@H](C(=O)N[C@@H](CC(C)C)C(=O)N[C@H](C(=O)N[C@H](C(=O)OC)C(C)C)C(C)C)[C@@H](C)O)cc2c1)[C@@H](C)O)C(C)C)C(C)C. The van der Waals surface area contributed by atoms with Crippen molar-refractivity contribution in [2.75, 3.05) is 27.4 Å². The second-order valence-corrected chi connectivity index (χ2v) is 23.5. The lowest BCUT2D eigenvalue weighted by Gasteiger charge is -2.29. The predicted octanol–water partition coefficient (Wildman–Crippen LogP) is 2.86. The maximum atomic E-state index is 13.7. The number of methoxy groups -OCH3 is 2. The number of carbonyl (C=O) groups excluding carboxylic acids is 10. The van der Waals surface area contributed by atoms with Gasteiger partial charge in [0.2, 0.25) is 47.3 Å². The van der Waals surface area contributed by atoms with Gasteiger partial charge in [-0.15, -0.1) is 0 Å². The molecule has 10 N–H and O–H groups in total. The molecule has 84 heavy (non-hydrogen) atoms. The van der Waals surface area contributed by atoms with E-state index in [1.165, 1.54) is 28.1 Å². The van der Waals surface area contributed by atoms with Crippen molar-refractivity contribution in [1.29, 1.82) is 0 Å². The minimum atomic E-state index is -1.42. The van der Waals surface area contributed by atoms with Crippen LogP contribution in [0.1, 0.15) is 135 Å². The van der Waals surface area contributed by atoms with E-state index < -0.39 is 132 Å². The van der Waals surface area contributed by atoms with Gasteiger partial charge in [-0.3, -0.25) is 38.4 Å². The molecule has 24 nitrogen and oxygen atoms in total. The molecule has 24 heteroatoms. The fourth-order valence-electron chi connectivity index (χ4n) is 8.77. The summed E-state index contributed by atoms with van der Waals surface area (Å²) >= 11 is 0. The van der Waals surface area contributed by atoms with Crippen LogP contribution < -0.4 is 52.0 Å². The number of hydrogen-bond donors (Lipinski definition) is 10. The van der Waals surface area contributed by atoms with Crippen LogP contribution >= 0.6 is 0 Å². The Hall–Kier alpha value is -7.08. The molecule has 0 saturated heterocycles. The monoisotopic (exact) mass is 1180 g/mol. The highest BCUT2D eigenvalue weighted by molar-refractivity contribution is 5.97. The van der Waals surface area contributed by atoms with Crippen LogP contribution in [0.4, 0.5) is 0 Å². The summed E-state index contributed by atoms with van der Waals surface area (Å²) in [6, 6.07) is 1.64. The van der Waals surface area contributed by atoms with E-state index in [9.17, 15) is 58.2 Å². The minimum Gasteiger partial charge on any atom is -0.494 e. The van der Waals surface area contributed by atoms with Gasteiger partial charge in [0.05, 0.1) is 39.6 Å². The van der Waals surface area contributed by atoms with Crippen molar-refractivity contribution in [3.8, 4) is 11.5 Å². The van der Waals surface area contributed by atoms with Gasteiger partial charge in [0.25, 0.3) is 0 Å². The van der Waals surface area contributed by atoms with Crippen LogP contribution in [0, 0.1) is 35.5 Å². The lowest BCUT2D eigenvalue weighted by Crippen LogP contribution is -2.60. The third-order valence-electron chi connectivity index (χ3n) is 13.6. The molecule has 0 aliphatic carbocycles. The first kappa shape index (κ1) is 73.0. The van der Waals surface area contributed by atoms with E-state index in [1.807, 2.05) is 39.8 Å². The van der Waals surface area contributed by atoms with E-state index in [-0.39, 0.29) is 75.4 Å². The largest absolute Gasteiger partial charge is 0.494 e. The van der Waals surface area contributed by atoms with Crippen LogP contribution in [0.3, 0.4) is 0 Å². The fraction of sp³-hybridized carbons (Fsp3) is 0.667. The number of aliphatic hydroxyl groups excluding tert-OH is 2. The number of ether oxygens (including phenoxy) is 4. The van der Waals surface area contributed by atoms with Crippen molar-refractivity contribution >= 4 is 70.0 Å². The summed E-state index contributed by atoms with van der Waals surface area (Å²) < 4.78 is 21.6. The molecule has 0 aromatic heterocycles. The van der Waals surface area contributed by atoms with Gasteiger partial charge in [0.1, 0.15) is 59.8 Å². The second-order valence-electron chi connectivity index (χ2n) is 23.5. The molecule has 0 bridgehead atoms. The van der Waals surface area contributed by atoms with Gasteiger partial charge in [-0.1, -0.05) is 95.2 Å². The zero-order chi connectivity index (χ0) is 63.7. The van der Waals surface area contributed by atoms with Gasteiger partial charge in [-0.2, -0.15) is 0 Å². The Bertz CT molecular complexity index is 2350.